The molecule has 6 rings (SSSR count). The average Bonchev–Trinajstić information content (AvgIpc) is 3.10. The van der Waals surface area contributed by atoms with Crippen LogP contribution in [0.15, 0.2) is 91.0 Å². The molecule has 0 aliphatic carbocycles. The molecule has 2 aliphatic heterocycles. The highest BCUT2D eigenvalue weighted by atomic mass is 16.5. The van der Waals surface area contributed by atoms with Crippen LogP contribution in [0.2, 0.25) is 0 Å². The lowest BCUT2D eigenvalue weighted by molar-refractivity contribution is 0.0581. The summed E-state index contributed by atoms with van der Waals surface area (Å²) in [7, 11) is 2.03. The van der Waals surface area contributed by atoms with E-state index in [0.717, 1.165) is 33.7 Å². The van der Waals surface area contributed by atoms with E-state index in [2.05, 4.69) is 30.9 Å². The van der Waals surface area contributed by atoms with Crippen LogP contribution in [0.1, 0.15) is 67.9 Å². The van der Waals surface area contributed by atoms with Crippen LogP contribution in [0, 0.1) is 13.8 Å². The molecule has 0 saturated heterocycles. The molecule has 39 heavy (non-hydrogen) atoms. The summed E-state index contributed by atoms with van der Waals surface area (Å²) in [6, 6.07) is 26.8. The van der Waals surface area contributed by atoms with Gasteiger partial charge in [-0.3, -0.25) is 9.59 Å². The van der Waals surface area contributed by atoms with Gasteiger partial charge in [0.1, 0.15) is 5.75 Å². The molecule has 0 bridgehead atoms. The second kappa shape index (κ2) is 8.81. The topological polar surface area (TPSA) is 46.6 Å². The predicted octanol–water partition coefficient (Wildman–Crippen LogP) is 7.29. The Morgan fingerprint density at radius 1 is 0.769 bits per heavy atom. The van der Waals surface area contributed by atoms with Crippen molar-refractivity contribution in [2.75, 3.05) is 11.9 Å². The highest BCUT2D eigenvalue weighted by Crippen LogP contribution is 2.54. The minimum atomic E-state index is -0.782. The maximum atomic E-state index is 13.3. The van der Waals surface area contributed by atoms with Crippen molar-refractivity contribution in [3.05, 3.63) is 136 Å². The van der Waals surface area contributed by atoms with E-state index in [4.69, 9.17) is 4.74 Å². The van der Waals surface area contributed by atoms with Gasteiger partial charge in [-0.25, -0.2) is 0 Å². The molecule has 0 N–H and O–H groups in total. The minimum absolute atomic E-state index is 0.00395. The minimum Gasteiger partial charge on any atom is -0.463 e. The van der Waals surface area contributed by atoms with Crippen molar-refractivity contribution in [2.45, 2.75) is 38.8 Å². The zero-order valence-electron chi connectivity index (χ0n) is 22.9. The molecular formula is C35H31NO3. The molecular weight excluding hydrogens is 482 g/mol. The Bertz CT molecular complexity index is 1680. The number of fused-ring (bicyclic) bond motifs is 2. The number of benzene rings is 4. The Labute approximate surface area is 229 Å². The Balaban J connectivity index is 1.34. The van der Waals surface area contributed by atoms with Gasteiger partial charge in [0.15, 0.2) is 11.6 Å². The summed E-state index contributed by atoms with van der Waals surface area (Å²) in [5.41, 5.74) is 6.50. The standard InChI is InChI=1S/C35H31NO3/c1-22-11-14-28(23(2)19-22)33(38)26-13-16-31-25(20-26)17-18-35(39-31)34(3,4)29-21-27(12-15-30(29)36(35)5)32(37)24-9-7-6-8-10-24/h6-21H,1-5H3. The monoisotopic (exact) mass is 513 g/mol. The van der Waals surface area contributed by atoms with E-state index in [0.29, 0.717) is 22.3 Å². The molecule has 4 aromatic carbocycles. The fraction of sp³-hybridized carbons (Fsp3) is 0.200. The van der Waals surface area contributed by atoms with Crippen LogP contribution in [0.3, 0.4) is 0 Å². The average molecular weight is 514 g/mol. The molecule has 1 spiro atoms. The third-order valence-corrected chi connectivity index (χ3v) is 8.38. The summed E-state index contributed by atoms with van der Waals surface area (Å²) < 4.78 is 6.80. The van der Waals surface area contributed by atoms with Crippen LogP contribution in [0.5, 0.6) is 5.75 Å². The first kappa shape index (κ1) is 24.9. The number of ether oxygens (including phenoxy) is 1. The van der Waals surface area contributed by atoms with Crippen LogP contribution in [0.25, 0.3) is 6.08 Å². The van der Waals surface area contributed by atoms with E-state index < -0.39 is 11.1 Å². The predicted molar refractivity (Wildman–Crippen MR) is 156 cm³/mol. The third-order valence-electron chi connectivity index (χ3n) is 8.38. The Morgan fingerprint density at radius 3 is 2.23 bits per heavy atom. The van der Waals surface area contributed by atoms with E-state index in [1.165, 1.54) is 0 Å². The molecule has 1 atom stereocenters. The van der Waals surface area contributed by atoms with Gasteiger partial charge in [0, 0.05) is 40.6 Å². The molecule has 194 valence electrons. The first-order valence-electron chi connectivity index (χ1n) is 13.2. The van der Waals surface area contributed by atoms with Gasteiger partial charge < -0.3 is 9.64 Å². The summed E-state index contributed by atoms with van der Waals surface area (Å²) in [5, 5.41) is 0. The Hall–Kier alpha value is -4.44. The smallest absolute Gasteiger partial charge is 0.211 e. The van der Waals surface area contributed by atoms with Crippen LogP contribution >= 0.6 is 0 Å². The van der Waals surface area contributed by atoms with Crippen molar-refractivity contribution in [2.24, 2.45) is 0 Å². The SMILES string of the molecule is Cc1ccc(C(=O)c2ccc3c(c2)C=CC2(O3)N(C)c3ccc(C(=O)c4ccccc4)cc3C2(C)C)c(C)c1. The number of aryl methyl sites for hydroxylation is 2. The Morgan fingerprint density at radius 2 is 1.49 bits per heavy atom. The number of likely N-dealkylation sites (N-methyl/N-ethyl adjacent to an activating group) is 1. The van der Waals surface area contributed by atoms with Gasteiger partial charge >= 0.3 is 0 Å². The molecule has 2 aliphatic rings. The summed E-state index contributed by atoms with van der Waals surface area (Å²) in [5.74, 6) is 0.734. The normalized spacial score (nSPS) is 18.4. The van der Waals surface area contributed by atoms with Gasteiger partial charge in [-0.2, -0.15) is 0 Å². The van der Waals surface area contributed by atoms with E-state index in [-0.39, 0.29) is 11.6 Å². The highest BCUT2D eigenvalue weighted by molar-refractivity contribution is 6.10. The molecule has 4 nitrogen and oxygen atoms in total. The zero-order valence-corrected chi connectivity index (χ0v) is 22.9. The van der Waals surface area contributed by atoms with Crippen molar-refractivity contribution < 1.29 is 14.3 Å². The second-order valence-corrected chi connectivity index (χ2v) is 11.1. The number of carbonyl (C=O) groups is 2. The van der Waals surface area contributed by atoms with Crippen molar-refractivity contribution >= 4 is 23.3 Å². The maximum absolute atomic E-state index is 13.3. The highest BCUT2D eigenvalue weighted by Gasteiger charge is 2.57. The molecule has 0 aromatic heterocycles. The van der Waals surface area contributed by atoms with Crippen molar-refractivity contribution in [3.63, 3.8) is 0 Å². The van der Waals surface area contributed by atoms with Crippen molar-refractivity contribution in [1.82, 2.24) is 0 Å². The fourth-order valence-corrected chi connectivity index (χ4v) is 6.08. The fourth-order valence-electron chi connectivity index (χ4n) is 6.08. The number of ketones is 2. The number of nitrogens with zero attached hydrogens (tertiary/aromatic N) is 1. The Kier molecular flexibility index (Phi) is 5.62. The van der Waals surface area contributed by atoms with Crippen LogP contribution in [-0.2, 0) is 5.41 Å². The number of rotatable bonds is 4. The van der Waals surface area contributed by atoms with Crippen LogP contribution in [-0.4, -0.2) is 24.3 Å². The van der Waals surface area contributed by atoms with Crippen LogP contribution in [0.4, 0.5) is 5.69 Å². The van der Waals surface area contributed by atoms with Gasteiger partial charge in [0.05, 0.1) is 5.41 Å². The molecule has 0 saturated carbocycles. The van der Waals surface area contributed by atoms with Crippen LogP contribution < -0.4 is 9.64 Å². The van der Waals surface area contributed by atoms with Gasteiger partial charge in [0.2, 0.25) is 5.72 Å². The summed E-state index contributed by atoms with van der Waals surface area (Å²) in [4.78, 5) is 28.7. The summed E-state index contributed by atoms with van der Waals surface area (Å²) in [6.07, 6.45) is 4.14. The third kappa shape index (κ3) is 3.74. The molecule has 0 amide bonds. The molecule has 2 heterocycles. The van der Waals surface area contributed by atoms with Crippen molar-refractivity contribution in [1.29, 1.82) is 0 Å². The summed E-state index contributed by atoms with van der Waals surface area (Å²) >= 11 is 0. The van der Waals surface area contributed by atoms with Crippen molar-refractivity contribution in [3.8, 4) is 5.75 Å². The van der Waals surface area contributed by atoms with Gasteiger partial charge in [-0.1, -0.05) is 54.1 Å². The van der Waals surface area contributed by atoms with E-state index in [1.54, 1.807) is 0 Å². The quantitative estimate of drug-likeness (QED) is 0.269. The van der Waals surface area contributed by atoms with E-state index in [9.17, 15) is 9.59 Å². The number of carbonyl (C=O) groups excluding carboxylic acids is 2. The lowest BCUT2D eigenvalue weighted by Crippen LogP contribution is -2.58. The molecule has 0 radical (unpaired) electrons. The number of hydrogen-bond acceptors (Lipinski definition) is 4. The first-order valence-corrected chi connectivity index (χ1v) is 13.2. The lowest BCUT2D eigenvalue weighted by atomic mass is 9.75. The largest absolute Gasteiger partial charge is 0.463 e. The number of anilines is 1. The molecule has 1 unspecified atom stereocenters. The summed E-state index contributed by atoms with van der Waals surface area (Å²) in [6.45, 7) is 8.30. The second-order valence-electron chi connectivity index (χ2n) is 11.1. The molecule has 0 fully saturated rings. The van der Waals surface area contributed by atoms with Gasteiger partial charge in [-0.05, 0) is 87.4 Å². The number of hydrogen-bond donors (Lipinski definition) is 0. The molecule has 4 aromatic rings. The molecule has 4 heteroatoms. The maximum Gasteiger partial charge on any atom is 0.211 e. The van der Waals surface area contributed by atoms with Gasteiger partial charge in [0.25, 0.3) is 0 Å². The first-order chi connectivity index (χ1) is 18.6. The van der Waals surface area contributed by atoms with E-state index in [1.807, 2.05) is 106 Å². The van der Waals surface area contributed by atoms with Gasteiger partial charge in [-0.15, -0.1) is 0 Å². The van der Waals surface area contributed by atoms with E-state index >= 15 is 0 Å². The zero-order chi connectivity index (χ0) is 27.5. The lowest BCUT2D eigenvalue weighted by Gasteiger charge is -2.45.